The standard InChI is InChI=1S/C49H31N5O/c1-5-14-32(15-6-1)33-24-28-35(29-25-33)42-45-43(51-46(50-42)36-16-7-2-8-17-36)41-23-13-22-40(44(41)55-45)34-26-30-39(31-27-34)49-53-47(37-18-9-3-10-19-37)52-48(54-49)38-20-11-4-12-21-38/h1-31H. The zero-order valence-corrected chi connectivity index (χ0v) is 29.5. The summed E-state index contributed by atoms with van der Waals surface area (Å²) in [5.41, 5.74) is 11.8. The molecule has 0 aliphatic heterocycles. The zero-order chi connectivity index (χ0) is 36.6. The van der Waals surface area contributed by atoms with Crippen LogP contribution in [0.1, 0.15) is 0 Å². The summed E-state index contributed by atoms with van der Waals surface area (Å²) in [7, 11) is 0. The molecule has 10 rings (SSSR count). The van der Waals surface area contributed by atoms with Gasteiger partial charge in [0.15, 0.2) is 28.9 Å². The highest BCUT2D eigenvalue weighted by molar-refractivity contribution is 6.11. The second-order valence-electron chi connectivity index (χ2n) is 13.3. The zero-order valence-electron chi connectivity index (χ0n) is 29.5. The van der Waals surface area contributed by atoms with E-state index < -0.39 is 0 Å². The molecule has 0 N–H and O–H groups in total. The molecule has 0 aliphatic rings. The van der Waals surface area contributed by atoms with Crippen molar-refractivity contribution in [3.8, 4) is 79.1 Å². The molecule has 0 bridgehead atoms. The van der Waals surface area contributed by atoms with Crippen LogP contribution >= 0.6 is 0 Å². The molecule has 258 valence electrons. The number of hydrogen-bond donors (Lipinski definition) is 0. The van der Waals surface area contributed by atoms with Crippen LogP contribution in [0.5, 0.6) is 0 Å². The fraction of sp³-hybridized carbons (Fsp3) is 0. The lowest BCUT2D eigenvalue weighted by Gasteiger charge is -2.09. The average Bonchev–Trinajstić information content (AvgIpc) is 3.66. The first-order valence-electron chi connectivity index (χ1n) is 18.2. The lowest BCUT2D eigenvalue weighted by molar-refractivity contribution is 0.668. The van der Waals surface area contributed by atoms with Gasteiger partial charge in [-0.3, -0.25) is 0 Å². The Balaban J connectivity index is 1.08. The van der Waals surface area contributed by atoms with Gasteiger partial charge in [0, 0.05) is 38.8 Å². The number of aromatic nitrogens is 5. The summed E-state index contributed by atoms with van der Waals surface area (Å²) in [5.74, 6) is 2.51. The predicted molar refractivity (Wildman–Crippen MR) is 221 cm³/mol. The van der Waals surface area contributed by atoms with Crippen molar-refractivity contribution in [3.05, 3.63) is 188 Å². The lowest BCUT2D eigenvalue weighted by atomic mass is 10.0. The Labute approximate surface area is 317 Å². The number of benzene rings is 7. The highest BCUT2D eigenvalue weighted by Gasteiger charge is 2.21. The summed E-state index contributed by atoms with van der Waals surface area (Å²) < 4.78 is 6.82. The van der Waals surface area contributed by atoms with E-state index >= 15 is 0 Å². The maximum atomic E-state index is 6.82. The van der Waals surface area contributed by atoms with E-state index in [9.17, 15) is 0 Å². The quantitative estimate of drug-likeness (QED) is 0.164. The van der Waals surface area contributed by atoms with Gasteiger partial charge >= 0.3 is 0 Å². The van der Waals surface area contributed by atoms with Crippen LogP contribution in [0.2, 0.25) is 0 Å². The van der Waals surface area contributed by atoms with Gasteiger partial charge in [0.05, 0.1) is 0 Å². The summed E-state index contributed by atoms with van der Waals surface area (Å²) >= 11 is 0. The summed E-state index contributed by atoms with van der Waals surface area (Å²) in [6.07, 6.45) is 0. The lowest BCUT2D eigenvalue weighted by Crippen LogP contribution is -2.00. The molecule has 0 saturated carbocycles. The molecule has 6 heteroatoms. The molecule has 0 unspecified atom stereocenters. The Bertz CT molecular complexity index is 2870. The van der Waals surface area contributed by atoms with Gasteiger partial charge in [0.1, 0.15) is 16.8 Å². The van der Waals surface area contributed by atoms with Crippen LogP contribution in [0.4, 0.5) is 0 Å². The van der Waals surface area contributed by atoms with Gasteiger partial charge in [-0.05, 0) is 22.8 Å². The molecule has 0 spiro atoms. The molecule has 3 heterocycles. The van der Waals surface area contributed by atoms with E-state index in [-0.39, 0.29) is 0 Å². The van der Waals surface area contributed by atoms with E-state index in [1.165, 1.54) is 0 Å². The van der Waals surface area contributed by atoms with E-state index in [4.69, 9.17) is 29.3 Å². The van der Waals surface area contributed by atoms with Crippen molar-refractivity contribution in [2.24, 2.45) is 0 Å². The van der Waals surface area contributed by atoms with Crippen molar-refractivity contribution in [2.45, 2.75) is 0 Å². The van der Waals surface area contributed by atoms with Crippen LogP contribution < -0.4 is 0 Å². The number of para-hydroxylation sites is 1. The monoisotopic (exact) mass is 705 g/mol. The van der Waals surface area contributed by atoms with E-state index in [1.54, 1.807) is 0 Å². The largest absolute Gasteiger partial charge is 0.451 e. The molecule has 6 nitrogen and oxygen atoms in total. The number of hydrogen-bond acceptors (Lipinski definition) is 6. The minimum absolute atomic E-state index is 0.604. The molecule has 55 heavy (non-hydrogen) atoms. The first-order valence-corrected chi connectivity index (χ1v) is 18.2. The molecule has 7 aromatic carbocycles. The number of rotatable bonds is 7. The maximum absolute atomic E-state index is 6.82. The molecule has 10 aromatic rings. The molecule has 0 atom stereocenters. The normalized spacial score (nSPS) is 11.3. The second-order valence-corrected chi connectivity index (χ2v) is 13.3. The molecule has 0 amide bonds. The predicted octanol–water partition coefficient (Wildman–Crippen LogP) is 12.2. The van der Waals surface area contributed by atoms with Crippen LogP contribution in [0.15, 0.2) is 192 Å². The Morgan fingerprint density at radius 1 is 0.273 bits per heavy atom. The van der Waals surface area contributed by atoms with Crippen molar-refractivity contribution in [1.29, 1.82) is 0 Å². The molecule has 3 aromatic heterocycles. The van der Waals surface area contributed by atoms with Crippen molar-refractivity contribution in [3.63, 3.8) is 0 Å². The number of nitrogens with zero attached hydrogens (tertiary/aromatic N) is 5. The molecule has 0 aliphatic carbocycles. The van der Waals surface area contributed by atoms with Gasteiger partial charge in [0.2, 0.25) is 0 Å². The highest BCUT2D eigenvalue weighted by atomic mass is 16.3. The van der Waals surface area contributed by atoms with E-state index in [2.05, 4.69) is 91.0 Å². The number of fused-ring (bicyclic) bond motifs is 3. The van der Waals surface area contributed by atoms with Gasteiger partial charge < -0.3 is 4.42 Å². The first kappa shape index (κ1) is 32.1. The van der Waals surface area contributed by atoms with Crippen LogP contribution in [-0.4, -0.2) is 24.9 Å². The Morgan fingerprint density at radius 3 is 1.20 bits per heavy atom. The van der Waals surface area contributed by atoms with Gasteiger partial charge in [-0.25, -0.2) is 24.9 Å². The number of furan rings is 1. The fourth-order valence-corrected chi connectivity index (χ4v) is 6.99. The smallest absolute Gasteiger partial charge is 0.180 e. The third-order valence-electron chi connectivity index (χ3n) is 9.79. The molecule has 0 fully saturated rings. The van der Waals surface area contributed by atoms with Crippen molar-refractivity contribution >= 4 is 22.1 Å². The summed E-state index contributed by atoms with van der Waals surface area (Å²) in [6, 6.07) is 63.5. The topological polar surface area (TPSA) is 77.6 Å². The van der Waals surface area contributed by atoms with Crippen molar-refractivity contribution < 1.29 is 4.42 Å². The minimum Gasteiger partial charge on any atom is -0.451 e. The maximum Gasteiger partial charge on any atom is 0.180 e. The molecule has 0 radical (unpaired) electrons. The SMILES string of the molecule is c1ccc(-c2ccc(-c3nc(-c4ccccc4)nc4c3oc3c(-c5ccc(-c6nc(-c7ccccc7)nc(-c7ccccc7)n6)cc5)cccc34)cc2)cc1. The Hall–Kier alpha value is -7.57. The van der Waals surface area contributed by atoms with Crippen LogP contribution in [0.3, 0.4) is 0 Å². The van der Waals surface area contributed by atoms with E-state index in [0.717, 1.165) is 72.3 Å². The first-order chi connectivity index (χ1) is 27.2. The van der Waals surface area contributed by atoms with Crippen LogP contribution in [-0.2, 0) is 0 Å². The third kappa shape index (κ3) is 6.11. The Kier molecular flexibility index (Phi) is 8.04. The molecular formula is C49H31N5O. The van der Waals surface area contributed by atoms with Crippen molar-refractivity contribution in [1.82, 2.24) is 24.9 Å². The van der Waals surface area contributed by atoms with Gasteiger partial charge in [-0.15, -0.1) is 0 Å². The summed E-state index contributed by atoms with van der Waals surface area (Å²) in [6.45, 7) is 0. The van der Waals surface area contributed by atoms with Crippen LogP contribution in [0.25, 0.3) is 101 Å². The fourth-order valence-electron chi connectivity index (χ4n) is 6.99. The van der Waals surface area contributed by atoms with Gasteiger partial charge in [0.25, 0.3) is 0 Å². The Morgan fingerprint density at radius 2 is 0.673 bits per heavy atom. The van der Waals surface area contributed by atoms with Gasteiger partial charge in [-0.1, -0.05) is 182 Å². The summed E-state index contributed by atoms with van der Waals surface area (Å²) in [4.78, 5) is 24.9. The van der Waals surface area contributed by atoms with E-state index in [0.29, 0.717) is 28.9 Å². The van der Waals surface area contributed by atoms with Gasteiger partial charge in [-0.2, -0.15) is 0 Å². The van der Waals surface area contributed by atoms with Crippen molar-refractivity contribution in [2.75, 3.05) is 0 Å². The van der Waals surface area contributed by atoms with E-state index in [1.807, 2.05) is 97.1 Å². The second kappa shape index (κ2) is 13.8. The minimum atomic E-state index is 0.604. The summed E-state index contributed by atoms with van der Waals surface area (Å²) in [5, 5.41) is 0.927. The highest BCUT2D eigenvalue weighted by Crippen LogP contribution is 2.40. The average molecular weight is 706 g/mol. The molecular weight excluding hydrogens is 675 g/mol. The molecule has 0 saturated heterocycles. The third-order valence-corrected chi connectivity index (χ3v) is 9.79. The van der Waals surface area contributed by atoms with Crippen LogP contribution in [0, 0.1) is 0 Å².